The number of rotatable bonds is 2. The van der Waals surface area contributed by atoms with Crippen molar-refractivity contribution in [1.29, 1.82) is 0 Å². The summed E-state index contributed by atoms with van der Waals surface area (Å²) in [5.41, 5.74) is 6.10. The summed E-state index contributed by atoms with van der Waals surface area (Å²) >= 11 is 6.01. The molecule has 112 valence electrons. The summed E-state index contributed by atoms with van der Waals surface area (Å²) in [6.07, 6.45) is 0. The molecule has 0 saturated carbocycles. The van der Waals surface area contributed by atoms with Crippen LogP contribution >= 0.6 is 11.6 Å². The molecule has 1 atom stereocenters. The minimum atomic E-state index is -1.62. The lowest BCUT2D eigenvalue weighted by Crippen LogP contribution is -2.39. The largest absolute Gasteiger partial charge is 0.465 e. The molecule has 0 aromatic heterocycles. The third kappa shape index (κ3) is 2.06. The van der Waals surface area contributed by atoms with Gasteiger partial charge in [0.05, 0.1) is 18.4 Å². The molecule has 5 nitrogen and oxygen atoms in total. The Kier molecular flexibility index (Phi) is 3.39. The van der Waals surface area contributed by atoms with Gasteiger partial charge in [0.2, 0.25) is 0 Å². The Balaban J connectivity index is 2.18. The van der Waals surface area contributed by atoms with Gasteiger partial charge < -0.3 is 15.6 Å². The molecule has 2 aromatic rings. The standard InChI is InChI=1S/C16H13ClN2O3/c1-22-14(20)9-3-2-4-10(7-9)16(21)12-8-11(17)5-6-13(12)19-15(16)18/h2-8,21H,1H3,(H2,18,19). The second-order valence-electron chi connectivity index (χ2n) is 4.94. The van der Waals surface area contributed by atoms with Crippen LogP contribution in [0.4, 0.5) is 5.69 Å². The van der Waals surface area contributed by atoms with Crippen LogP contribution in [0.15, 0.2) is 47.5 Å². The number of hydrogen-bond acceptors (Lipinski definition) is 5. The van der Waals surface area contributed by atoms with Gasteiger partial charge in [0.25, 0.3) is 0 Å². The highest BCUT2D eigenvalue weighted by Gasteiger charge is 2.42. The summed E-state index contributed by atoms with van der Waals surface area (Å²) in [6.45, 7) is 0. The van der Waals surface area contributed by atoms with Gasteiger partial charge in [-0.1, -0.05) is 23.7 Å². The lowest BCUT2D eigenvalue weighted by atomic mass is 9.85. The van der Waals surface area contributed by atoms with Gasteiger partial charge in [-0.25, -0.2) is 9.79 Å². The summed E-state index contributed by atoms with van der Waals surface area (Å²) in [5, 5.41) is 11.6. The zero-order valence-corrected chi connectivity index (χ0v) is 12.5. The van der Waals surface area contributed by atoms with Gasteiger partial charge in [-0.3, -0.25) is 0 Å². The van der Waals surface area contributed by atoms with Crippen LogP contribution in [0.25, 0.3) is 0 Å². The van der Waals surface area contributed by atoms with Gasteiger partial charge >= 0.3 is 5.97 Å². The number of aliphatic hydroxyl groups is 1. The number of amidine groups is 1. The van der Waals surface area contributed by atoms with Crippen molar-refractivity contribution < 1.29 is 14.6 Å². The first-order chi connectivity index (χ1) is 10.5. The van der Waals surface area contributed by atoms with Crippen molar-refractivity contribution in [2.24, 2.45) is 10.7 Å². The van der Waals surface area contributed by atoms with E-state index in [1.54, 1.807) is 36.4 Å². The molecule has 22 heavy (non-hydrogen) atoms. The molecule has 6 heteroatoms. The number of halogens is 1. The number of carbonyl (C=O) groups is 1. The number of carbonyl (C=O) groups excluding carboxylic acids is 1. The van der Waals surface area contributed by atoms with Gasteiger partial charge in [-0.15, -0.1) is 0 Å². The number of aliphatic imine (C=N–C) groups is 1. The molecule has 0 radical (unpaired) electrons. The van der Waals surface area contributed by atoms with E-state index < -0.39 is 11.6 Å². The van der Waals surface area contributed by atoms with Crippen molar-refractivity contribution in [3.8, 4) is 0 Å². The van der Waals surface area contributed by atoms with Crippen LogP contribution in [0.5, 0.6) is 0 Å². The molecule has 2 aromatic carbocycles. The third-order valence-electron chi connectivity index (χ3n) is 3.66. The Morgan fingerprint density at radius 1 is 1.32 bits per heavy atom. The normalized spacial score (nSPS) is 19.5. The van der Waals surface area contributed by atoms with Crippen molar-refractivity contribution in [2.75, 3.05) is 7.11 Å². The molecular formula is C16H13ClN2O3. The molecule has 0 aliphatic carbocycles. The van der Waals surface area contributed by atoms with Gasteiger partial charge in [0.1, 0.15) is 5.84 Å². The number of benzene rings is 2. The maximum Gasteiger partial charge on any atom is 0.337 e. The fraction of sp³-hybridized carbons (Fsp3) is 0.125. The predicted octanol–water partition coefficient (Wildman–Crippen LogP) is 2.36. The molecule has 3 N–H and O–H groups in total. The van der Waals surface area contributed by atoms with E-state index in [9.17, 15) is 9.90 Å². The highest BCUT2D eigenvalue weighted by Crippen LogP contribution is 2.42. The Labute approximate surface area is 132 Å². The van der Waals surface area contributed by atoms with Crippen molar-refractivity contribution in [3.05, 3.63) is 64.2 Å². The van der Waals surface area contributed by atoms with E-state index in [2.05, 4.69) is 4.99 Å². The first-order valence-corrected chi connectivity index (χ1v) is 6.90. The lowest BCUT2D eigenvalue weighted by Gasteiger charge is -2.25. The highest BCUT2D eigenvalue weighted by atomic mass is 35.5. The monoisotopic (exact) mass is 316 g/mol. The molecule has 0 spiro atoms. The number of esters is 1. The van der Waals surface area contributed by atoms with E-state index in [1.165, 1.54) is 13.2 Å². The smallest absolute Gasteiger partial charge is 0.337 e. The minimum Gasteiger partial charge on any atom is -0.465 e. The highest BCUT2D eigenvalue weighted by molar-refractivity contribution is 6.30. The predicted molar refractivity (Wildman–Crippen MR) is 83.5 cm³/mol. The van der Waals surface area contributed by atoms with Crippen LogP contribution in [-0.4, -0.2) is 24.0 Å². The fourth-order valence-electron chi connectivity index (χ4n) is 2.54. The van der Waals surface area contributed by atoms with Crippen molar-refractivity contribution >= 4 is 29.1 Å². The molecular weight excluding hydrogens is 304 g/mol. The average Bonchev–Trinajstić information content (AvgIpc) is 2.79. The zero-order valence-electron chi connectivity index (χ0n) is 11.7. The number of methoxy groups -OCH3 is 1. The summed E-state index contributed by atoms with van der Waals surface area (Å²) in [6, 6.07) is 11.4. The molecule has 0 saturated heterocycles. The molecule has 3 rings (SSSR count). The lowest BCUT2D eigenvalue weighted by molar-refractivity contribution is 0.0600. The second-order valence-corrected chi connectivity index (χ2v) is 5.38. The number of fused-ring (bicyclic) bond motifs is 1. The van der Waals surface area contributed by atoms with E-state index in [1.807, 2.05) is 0 Å². The maximum absolute atomic E-state index is 11.7. The van der Waals surface area contributed by atoms with E-state index in [4.69, 9.17) is 22.1 Å². The Morgan fingerprint density at radius 3 is 2.82 bits per heavy atom. The first kappa shape index (κ1) is 14.6. The van der Waals surface area contributed by atoms with E-state index in [-0.39, 0.29) is 5.84 Å². The molecule has 1 unspecified atom stereocenters. The fourth-order valence-corrected chi connectivity index (χ4v) is 2.71. The summed E-state index contributed by atoms with van der Waals surface area (Å²) in [4.78, 5) is 15.9. The third-order valence-corrected chi connectivity index (χ3v) is 3.90. The first-order valence-electron chi connectivity index (χ1n) is 6.52. The maximum atomic E-state index is 11.7. The SMILES string of the molecule is COC(=O)c1cccc(C2(O)C(N)=Nc3ccc(Cl)cc32)c1. The van der Waals surface area contributed by atoms with Crippen molar-refractivity contribution in [3.63, 3.8) is 0 Å². The number of nitrogens with two attached hydrogens (primary N) is 1. The molecule has 0 bridgehead atoms. The molecule has 0 amide bonds. The van der Waals surface area contributed by atoms with E-state index in [0.29, 0.717) is 27.4 Å². The number of ether oxygens (including phenoxy) is 1. The summed E-state index contributed by atoms with van der Waals surface area (Å²) < 4.78 is 4.70. The molecule has 0 fully saturated rings. The van der Waals surface area contributed by atoms with Crippen molar-refractivity contribution in [2.45, 2.75) is 5.60 Å². The minimum absolute atomic E-state index is 0.0341. The van der Waals surface area contributed by atoms with Gasteiger partial charge in [-0.2, -0.15) is 0 Å². The van der Waals surface area contributed by atoms with E-state index in [0.717, 1.165) is 0 Å². The Morgan fingerprint density at radius 2 is 2.09 bits per heavy atom. The van der Waals surface area contributed by atoms with Gasteiger partial charge in [-0.05, 0) is 35.9 Å². The topological polar surface area (TPSA) is 84.9 Å². The van der Waals surface area contributed by atoms with Crippen molar-refractivity contribution in [1.82, 2.24) is 0 Å². The summed E-state index contributed by atoms with van der Waals surface area (Å²) in [5.74, 6) is -0.461. The van der Waals surface area contributed by atoms with Crippen LogP contribution < -0.4 is 5.73 Å². The van der Waals surface area contributed by atoms with Gasteiger partial charge in [0, 0.05) is 10.6 Å². The van der Waals surface area contributed by atoms with E-state index >= 15 is 0 Å². The van der Waals surface area contributed by atoms with Crippen LogP contribution in [0.2, 0.25) is 5.02 Å². The van der Waals surface area contributed by atoms with Gasteiger partial charge in [0.15, 0.2) is 5.60 Å². The quantitative estimate of drug-likeness (QED) is 0.833. The average molecular weight is 317 g/mol. The van der Waals surface area contributed by atoms with Crippen LogP contribution in [0.3, 0.4) is 0 Å². The molecule has 1 aliphatic heterocycles. The zero-order chi connectivity index (χ0) is 15.9. The Bertz CT molecular complexity index is 804. The van der Waals surface area contributed by atoms with Crippen LogP contribution in [-0.2, 0) is 10.3 Å². The Hall–Kier alpha value is -2.37. The summed E-state index contributed by atoms with van der Waals surface area (Å²) in [7, 11) is 1.30. The van der Waals surface area contributed by atoms with Crippen LogP contribution in [0.1, 0.15) is 21.5 Å². The van der Waals surface area contributed by atoms with Crippen LogP contribution in [0, 0.1) is 0 Å². The second kappa shape index (κ2) is 5.12. The number of hydrogen-bond donors (Lipinski definition) is 2. The molecule has 1 aliphatic rings. The number of nitrogens with zero attached hydrogens (tertiary/aromatic N) is 1. The molecule has 1 heterocycles.